The highest BCUT2D eigenvalue weighted by Gasteiger charge is 2.24. The summed E-state index contributed by atoms with van der Waals surface area (Å²) in [6.45, 7) is 3.60. The Labute approximate surface area is 189 Å². The van der Waals surface area contributed by atoms with Crippen molar-refractivity contribution in [2.75, 3.05) is 45.2 Å². The largest absolute Gasteiger partial charge is 0.495 e. The van der Waals surface area contributed by atoms with E-state index in [1.165, 1.54) is 6.07 Å². The van der Waals surface area contributed by atoms with Gasteiger partial charge in [-0.3, -0.25) is 4.99 Å². The number of guanidine groups is 1. The summed E-state index contributed by atoms with van der Waals surface area (Å²) in [5, 5.41) is 6.72. The average molecular weight is 512 g/mol. The van der Waals surface area contributed by atoms with E-state index < -0.39 is 0 Å². The van der Waals surface area contributed by atoms with E-state index in [0.717, 1.165) is 55.4 Å². The first-order valence-corrected chi connectivity index (χ1v) is 9.76. The summed E-state index contributed by atoms with van der Waals surface area (Å²) < 4.78 is 18.7. The normalized spacial score (nSPS) is 16.3. The maximum absolute atomic E-state index is 13.2. The number of methoxy groups -OCH3 is 1. The number of anilines is 1. The Kier molecular flexibility index (Phi) is 9.50. The lowest BCUT2D eigenvalue weighted by molar-refractivity contribution is 0.414. The van der Waals surface area contributed by atoms with Crippen LogP contribution in [0, 0.1) is 11.7 Å². The van der Waals surface area contributed by atoms with Crippen LogP contribution in [0.4, 0.5) is 10.1 Å². The van der Waals surface area contributed by atoms with E-state index in [-0.39, 0.29) is 29.8 Å². The molecule has 29 heavy (non-hydrogen) atoms. The van der Waals surface area contributed by atoms with Crippen molar-refractivity contribution in [3.63, 3.8) is 0 Å². The molecule has 0 bridgehead atoms. The van der Waals surface area contributed by atoms with E-state index in [4.69, 9.17) is 4.74 Å². The number of rotatable bonds is 7. The lowest BCUT2D eigenvalue weighted by Crippen LogP contribution is -2.41. The van der Waals surface area contributed by atoms with Crippen LogP contribution in [0.5, 0.6) is 5.75 Å². The van der Waals surface area contributed by atoms with Crippen LogP contribution in [0.3, 0.4) is 0 Å². The molecule has 5 nitrogen and oxygen atoms in total. The molecule has 0 aliphatic carbocycles. The summed E-state index contributed by atoms with van der Waals surface area (Å²) in [7, 11) is 3.49. The lowest BCUT2D eigenvalue weighted by Gasteiger charge is -2.21. The second-order valence-electron chi connectivity index (χ2n) is 7.03. The quantitative estimate of drug-likeness (QED) is 0.338. The fourth-order valence-electron chi connectivity index (χ4n) is 3.59. The number of aliphatic imine (C=N–C) groups is 1. The first-order valence-electron chi connectivity index (χ1n) is 9.76. The zero-order valence-corrected chi connectivity index (χ0v) is 19.4. The van der Waals surface area contributed by atoms with E-state index >= 15 is 0 Å². The van der Waals surface area contributed by atoms with Crippen LogP contribution in [-0.2, 0) is 6.42 Å². The molecule has 0 saturated carbocycles. The van der Waals surface area contributed by atoms with Gasteiger partial charge in [-0.25, -0.2) is 4.39 Å². The summed E-state index contributed by atoms with van der Waals surface area (Å²) in [5.41, 5.74) is 2.14. The van der Waals surface area contributed by atoms with Crippen molar-refractivity contribution in [2.24, 2.45) is 10.9 Å². The molecule has 0 aromatic heterocycles. The fraction of sp³-hybridized carbons (Fsp3) is 0.409. The number of hydrogen-bond donors (Lipinski definition) is 2. The molecule has 1 aliphatic heterocycles. The fourth-order valence-corrected chi connectivity index (χ4v) is 3.59. The van der Waals surface area contributed by atoms with Gasteiger partial charge in [-0.1, -0.05) is 24.3 Å². The molecule has 7 heteroatoms. The third-order valence-electron chi connectivity index (χ3n) is 5.09. The molecule has 1 fully saturated rings. The number of benzene rings is 2. The lowest BCUT2D eigenvalue weighted by atomic mass is 10.1. The highest BCUT2D eigenvalue weighted by atomic mass is 127. The number of para-hydroxylation sites is 2. The predicted molar refractivity (Wildman–Crippen MR) is 128 cm³/mol. The van der Waals surface area contributed by atoms with Crippen LogP contribution in [0.15, 0.2) is 53.5 Å². The van der Waals surface area contributed by atoms with Crippen LogP contribution < -0.4 is 20.3 Å². The van der Waals surface area contributed by atoms with Crippen LogP contribution >= 0.6 is 24.0 Å². The summed E-state index contributed by atoms with van der Waals surface area (Å²) in [6, 6.07) is 14.9. The van der Waals surface area contributed by atoms with Gasteiger partial charge in [0.2, 0.25) is 0 Å². The van der Waals surface area contributed by atoms with Crippen molar-refractivity contribution in [2.45, 2.75) is 12.8 Å². The monoisotopic (exact) mass is 512 g/mol. The number of nitrogens with one attached hydrogen (secondary N) is 2. The standard InChI is InChI=1S/C22H29FN4O.HI/c1-24-22(25-12-10-17-6-5-7-19(23)14-17)26-15-18-11-13-27(16-18)20-8-3-4-9-21(20)28-2;/h3-9,14,18H,10-13,15-16H2,1-2H3,(H2,24,25,26);1H. The van der Waals surface area contributed by atoms with Crippen LogP contribution in [0.25, 0.3) is 0 Å². The van der Waals surface area contributed by atoms with Crippen molar-refractivity contribution in [1.82, 2.24) is 10.6 Å². The van der Waals surface area contributed by atoms with Crippen molar-refractivity contribution in [3.8, 4) is 5.75 Å². The van der Waals surface area contributed by atoms with E-state index in [0.29, 0.717) is 12.5 Å². The Morgan fingerprint density at radius 1 is 1.21 bits per heavy atom. The number of halogens is 2. The van der Waals surface area contributed by atoms with Gasteiger partial charge in [0.15, 0.2) is 5.96 Å². The van der Waals surface area contributed by atoms with Crippen molar-refractivity contribution in [1.29, 1.82) is 0 Å². The van der Waals surface area contributed by atoms with Crippen molar-refractivity contribution in [3.05, 3.63) is 59.9 Å². The van der Waals surface area contributed by atoms with E-state index in [1.54, 1.807) is 26.3 Å². The highest BCUT2D eigenvalue weighted by molar-refractivity contribution is 14.0. The molecule has 0 spiro atoms. The molecule has 1 atom stereocenters. The molecule has 158 valence electrons. The summed E-state index contributed by atoms with van der Waals surface area (Å²) in [4.78, 5) is 6.67. The minimum absolute atomic E-state index is 0. The minimum Gasteiger partial charge on any atom is -0.495 e. The Balaban J connectivity index is 0.00000300. The molecule has 1 aliphatic rings. The number of hydrogen-bond acceptors (Lipinski definition) is 3. The smallest absolute Gasteiger partial charge is 0.190 e. The van der Waals surface area contributed by atoms with E-state index in [1.807, 2.05) is 24.3 Å². The Morgan fingerprint density at radius 2 is 2.03 bits per heavy atom. The van der Waals surface area contributed by atoms with E-state index in [2.05, 4.69) is 26.6 Å². The maximum Gasteiger partial charge on any atom is 0.190 e. The van der Waals surface area contributed by atoms with Gasteiger partial charge >= 0.3 is 0 Å². The van der Waals surface area contributed by atoms with Crippen LogP contribution in [-0.4, -0.2) is 46.3 Å². The second kappa shape index (κ2) is 11.8. The third kappa shape index (κ3) is 6.76. The third-order valence-corrected chi connectivity index (χ3v) is 5.09. The Morgan fingerprint density at radius 3 is 2.79 bits per heavy atom. The van der Waals surface area contributed by atoms with Crippen LogP contribution in [0.2, 0.25) is 0 Å². The molecule has 2 aromatic rings. The van der Waals surface area contributed by atoms with Crippen molar-refractivity contribution >= 4 is 35.6 Å². The average Bonchev–Trinajstić information content (AvgIpc) is 3.19. The topological polar surface area (TPSA) is 48.9 Å². The van der Waals surface area contributed by atoms with E-state index in [9.17, 15) is 4.39 Å². The van der Waals surface area contributed by atoms with Crippen molar-refractivity contribution < 1.29 is 9.13 Å². The van der Waals surface area contributed by atoms with Gasteiger partial charge in [-0.05, 0) is 48.6 Å². The second-order valence-corrected chi connectivity index (χ2v) is 7.03. The highest BCUT2D eigenvalue weighted by Crippen LogP contribution is 2.31. The minimum atomic E-state index is -0.194. The maximum atomic E-state index is 13.2. The molecule has 0 radical (unpaired) electrons. The molecule has 0 amide bonds. The van der Waals surface area contributed by atoms with Gasteiger partial charge in [0.1, 0.15) is 11.6 Å². The van der Waals surface area contributed by atoms with Gasteiger partial charge in [0.25, 0.3) is 0 Å². The van der Waals surface area contributed by atoms with Crippen LogP contribution in [0.1, 0.15) is 12.0 Å². The summed E-state index contributed by atoms with van der Waals surface area (Å²) in [6.07, 6.45) is 1.88. The molecular weight excluding hydrogens is 482 g/mol. The zero-order chi connectivity index (χ0) is 19.8. The van der Waals surface area contributed by atoms with Gasteiger partial charge < -0.3 is 20.3 Å². The first-order chi connectivity index (χ1) is 13.7. The number of ether oxygens (including phenoxy) is 1. The Bertz CT molecular complexity index is 802. The van der Waals surface area contributed by atoms with Gasteiger partial charge in [0, 0.05) is 33.2 Å². The number of nitrogens with zero attached hydrogens (tertiary/aromatic N) is 2. The molecule has 1 saturated heterocycles. The molecule has 3 rings (SSSR count). The molecular formula is C22H30FIN4O. The zero-order valence-electron chi connectivity index (χ0n) is 17.0. The summed E-state index contributed by atoms with van der Waals surface area (Å²) >= 11 is 0. The van der Waals surface area contributed by atoms with Gasteiger partial charge in [-0.2, -0.15) is 0 Å². The Hall–Kier alpha value is -2.03. The molecule has 2 N–H and O–H groups in total. The first kappa shape index (κ1) is 23.3. The molecule has 1 unspecified atom stereocenters. The van der Waals surface area contributed by atoms with Gasteiger partial charge in [-0.15, -0.1) is 24.0 Å². The predicted octanol–water partition coefficient (Wildman–Crippen LogP) is 3.69. The molecule has 2 aromatic carbocycles. The SMILES string of the molecule is CN=C(NCCc1cccc(F)c1)NCC1CCN(c2ccccc2OC)C1.I. The summed E-state index contributed by atoms with van der Waals surface area (Å²) in [5.74, 6) is 2.06. The molecule has 1 heterocycles. The van der Waals surface area contributed by atoms with Gasteiger partial charge in [0.05, 0.1) is 12.8 Å².